The Balaban J connectivity index is 1.71. The standard InChI is InChI=1S/C22H19ClO4/c23-19-9-5-4-8-17(19)12-13-26-21-14-18(22(24)25)10-11-20(21)27-15-16-6-2-1-3-7-16/h1-11,14H,12-13,15H2,(H,24,25). The Kier molecular flexibility index (Phi) is 6.34. The Labute approximate surface area is 162 Å². The average Bonchev–Trinajstić information content (AvgIpc) is 2.69. The number of ether oxygens (including phenoxy) is 2. The minimum absolute atomic E-state index is 0.148. The molecule has 5 heteroatoms. The van der Waals surface area contributed by atoms with E-state index >= 15 is 0 Å². The van der Waals surface area contributed by atoms with E-state index in [1.54, 1.807) is 6.07 Å². The van der Waals surface area contributed by atoms with Gasteiger partial charge in [-0.05, 0) is 35.4 Å². The van der Waals surface area contributed by atoms with Crippen molar-refractivity contribution < 1.29 is 19.4 Å². The molecule has 0 aliphatic heterocycles. The lowest BCUT2D eigenvalue weighted by Gasteiger charge is -2.14. The highest BCUT2D eigenvalue weighted by Crippen LogP contribution is 2.30. The predicted molar refractivity (Wildman–Crippen MR) is 105 cm³/mol. The zero-order valence-electron chi connectivity index (χ0n) is 14.6. The monoisotopic (exact) mass is 382 g/mol. The van der Waals surface area contributed by atoms with Crippen LogP contribution < -0.4 is 9.47 Å². The maximum atomic E-state index is 11.3. The van der Waals surface area contributed by atoms with Crippen molar-refractivity contribution in [2.45, 2.75) is 13.0 Å². The molecule has 0 atom stereocenters. The van der Waals surface area contributed by atoms with Crippen molar-refractivity contribution in [2.75, 3.05) is 6.61 Å². The van der Waals surface area contributed by atoms with E-state index in [0.29, 0.717) is 36.2 Å². The third-order valence-electron chi connectivity index (χ3n) is 4.01. The fraction of sp³-hybridized carbons (Fsp3) is 0.136. The van der Waals surface area contributed by atoms with E-state index in [-0.39, 0.29) is 5.56 Å². The lowest BCUT2D eigenvalue weighted by Crippen LogP contribution is -2.06. The average molecular weight is 383 g/mol. The number of benzene rings is 3. The molecule has 0 aliphatic rings. The minimum atomic E-state index is -1.01. The highest BCUT2D eigenvalue weighted by Gasteiger charge is 2.11. The Morgan fingerprint density at radius 3 is 2.37 bits per heavy atom. The van der Waals surface area contributed by atoms with E-state index in [1.165, 1.54) is 12.1 Å². The number of aromatic carboxylic acids is 1. The van der Waals surface area contributed by atoms with Gasteiger partial charge in [-0.25, -0.2) is 4.79 Å². The number of carboxylic acids is 1. The van der Waals surface area contributed by atoms with Gasteiger partial charge < -0.3 is 14.6 Å². The lowest BCUT2D eigenvalue weighted by atomic mass is 10.1. The molecular weight excluding hydrogens is 364 g/mol. The molecular formula is C22H19ClO4. The number of halogens is 1. The normalized spacial score (nSPS) is 10.4. The quantitative estimate of drug-likeness (QED) is 0.579. The Morgan fingerprint density at radius 1 is 0.889 bits per heavy atom. The molecule has 0 bridgehead atoms. The highest BCUT2D eigenvalue weighted by atomic mass is 35.5. The van der Waals surface area contributed by atoms with Gasteiger partial charge in [0.25, 0.3) is 0 Å². The maximum absolute atomic E-state index is 11.3. The van der Waals surface area contributed by atoms with Crippen LogP contribution in [0, 0.1) is 0 Å². The van der Waals surface area contributed by atoms with Gasteiger partial charge in [0.05, 0.1) is 12.2 Å². The Hall–Kier alpha value is -2.98. The van der Waals surface area contributed by atoms with Crippen LogP contribution in [0.5, 0.6) is 11.5 Å². The van der Waals surface area contributed by atoms with Crippen molar-refractivity contribution >= 4 is 17.6 Å². The van der Waals surface area contributed by atoms with Crippen LogP contribution in [0.15, 0.2) is 72.8 Å². The summed E-state index contributed by atoms with van der Waals surface area (Å²) >= 11 is 6.16. The molecule has 0 unspecified atom stereocenters. The van der Waals surface area contributed by atoms with Crippen molar-refractivity contribution in [1.29, 1.82) is 0 Å². The van der Waals surface area contributed by atoms with Crippen LogP contribution in [-0.4, -0.2) is 17.7 Å². The topological polar surface area (TPSA) is 55.8 Å². The van der Waals surface area contributed by atoms with Gasteiger partial charge in [0, 0.05) is 11.4 Å². The van der Waals surface area contributed by atoms with Gasteiger partial charge >= 0.3 is 5.97 Å². The summed E-state index contributed by atoms with van der Waals surface area (Å²) in [6.45, 7) is 0.725. The van der Waals surface area contributed by atoms with E-state index < -0.39 is 5.97 Å². The largest absolute Gasteiger partial charge is 0.489 e. The predicted octanol–water partition coefficient (Wildman–Crippen LogP) is 5.24. The van der Waals surface area contributed by atoms with Gasteiger partial charge in [-0.2, -0.15) is 0 Å². The molecule has 0 amide bonds. The first-order valence-electron chi connectivity index (χ1n) is 8.54. The zero-order valence-corrected chi connectivity index (χ0v) is 15.4. The van der Waals surface area contributed by atoms with Crippen LogP contribution in [0.3, 0.4) is 0 Å². The van der Waals surface area contributed by atoms with E-state index in [4.69, 9.17) is 21.1 Å². The first-order valence-corrected chi connectivity index (χ1v) is 8.91. The van der Waals surface area contributed by atoms with Crippen LogP contribution in [-0.2, 0) is 13.0 Å². The molecule has 0 fully saturated rings. The number of hydrogen-bond donors (Lipinski definition) is 1. The third kappa shape index (κ3) is 5.25. The Morgan fingerprint density at radius 2 is 1.63 bits per heavy atom. The van der Waals surface area contributed by atoms with E-state index in [0.717, 1.165) is 11.1 Å². The van der Waals surface area contributed by atoms with Gasteiger partial charge in [-0.3, -0.25) is 0 Å². The second kappa shape index (κ2) is 9.10. The molecule has 3 aromatic rings. The van der Waals surface area contributed by atoms with E-state index in [2.05, 4.69) is 0 Å². The molecule has 0 radical (unpaired) electrons. The summed E-state index contributed by atoms with van der Waals surface area (Å²) in [4.78, 5) is 11.3. The fourth-order valence-corrected chi connectivity index (χ4v) is 2.81. The number of carbonyl (C=O) groups is 1. The number of rotatable bonds is 8. The molecule has 0 saturated carbocycles. The van der Waals surface area contributed by atoms with E-state index in [9.17, 15) is 9.90 Å². The second-order valence-corrected chi connectivity index (χ2v) is 6.34. The fourth-order valence-electron chi connectivity index (χ4n) is 2.58. The van der Waals surface area contributed by atoms with Crippen LogP contribution in [0.4, 0.5) is 0 Å². The molecule has 0 saturated heterocycles. The number of carboxylic acid groups (broad SMARTS) is 1. The van der Waals surface area contributed by atoms with Gasteiger partial charge in [-0.15, -0.1) is 0 Å². The first kappa shape index (κ1) is 18.8. The maximum Gasteiger partial charge on any atom is 0.335 e. The van der Waals surface area contributed by atoms with Crippen LogP contribution in [0.1, 0.15) is 21.5 Å². The molecule has 0 heterocycles. The van der Waals surface area contributed by atoms with Crippen molar-refractivity contribution in [3.05, 3.63) is 94.5 Å². The summed E-state index contributed by atoms with van der Waals surface area (Å²) < 4.78 is 11.7. The number of hydrogen-bond acceptors (Lipinski definition) is 3. The molecule has 1 N–H and O–H groups in total. The van der Waals surface area contributed by atoms with Gasteiger partial charge in [0.15, 0.2) is 11.5 Å². The smallest absolute Gasteiger partial charge is 0.335 e. The van der Waals surface area contributed by atoms with Crippen molar-refractivity contribution in [3.8, 4) is 11.5 Å². The van der Waals surface area contributed by atoms with Crippen LogP contribution in [0.25, 0.3) is 0 Å². The molecule has 27 heavy (non-hydrogen) atoms. The summed E-state index contributed by atoms with van der Waals surface area (Å²) in [6, 6.07) is 21.9. The van der Waals surface area contributed by atoms with Gasteiger partial charge in [0.1, 0.15) is 6.61 Å². The molecule has 4 nitrogen and oxygen atoms in total. The first-order chi connectivity index (χ1) is 13.1. The molecule has 0 spiro atoms. The Bertz CT molecular complexity index is 909. The van der Waals surface area contributed by atoms with Gasteiger partial charge in [-0.1, -0.05) is 60.1 Å². The molecule has 3 rings (SSSR count). The van der Waals surface area contributed by atoms with Crippen LogP contribution >= 0.6 is 11.6 Å². The van der Waals surface area contributed by atoms with Gasteiger partial charge in [0.2, 0.25) is 0 Å². The van der Waals surface area contributed by atoms with Crippen molar-refractivity contribution in [1.82, 2.24) is 0 Å². The molecule has 0 aromatic heterocycles. The lowest BCUT2D eigenvalue weighted by molar-refractivity contribution is 0.0696. The van der Waals surface area contributed by atoms with E-state index in [1.807, 2.05) is 54.6 Å². The molecule has 0 aliphatic carbocycles. The summed E-state index contributed by atoms with van der Waals surface area (Å²) in [5.41, 5.74) is 2.14. The van der Waals surface area contributed by atoms with Crippen molar-refractivity contribution in [3.63, 3.8) is 0 Å². The third-order valence-corrected chi connectivity index (χ3v) is 4.38. The summed E-state index contributed by atoms with van der Waals surface area (Å²) in [5.74, 6) is -0.110. The minimum Gasteiger partial charge on any atom is -0.489 e. The molecule has 138 valence electrons. The second-order valence-electron chi connectivity index (χ2n) is 5.93. The van der Waals surface area contributed by atoms with Crippen molar-refractivity contribution in [2.24, 2.45) is 0 Å². The summed E-state index contributed by atoms with van der Waals surface area (Å²) in [5, 5.41) is 9.92. The SMILES string of the molecule is O=C(O)c1ccc(OCc2ccccc2)c(OCCc2ccccc2Cl)c1. The molecule has 3 aromatic carbocycles. The van der Waals surface area contributed by atoms with Crippen LogP contribution in [0.2, 0.25) is 5.02 Å². The highest BCUT2D eigenvalue weighted by molar-refractivity contribution is 6.31. The zero-order chi connectivity index (χ0) is 19.1. The summed E-state index contributed by atoms with van der Waals surface area (Å²) in [7, 11) is 0. The summed E-state index contributed by atoms with van der Waals surface area (Å²) in [6.07, 6.45) is 0.606.